The van der Waals surface area contributed by atoms with E-state index in [1.54, 1.807) is 0 Å². The van der Waals surface area contributed by atoms with Gasteiger partial charge < -0.3 is 0 Å². The Morgan fingerprint density at radius 1 is 0.727 bits per heavy atom. The van der Waals surface area contributed by atoms with Gasteiger partial charge in [-0.1, -0.05) is 50.4 Å². The van der Waals surface area contributed by atoms with Gasteiger partial charge in [0.05, 0.1) is 11.8 Å². The third-order valence-electron chi connectivity index (χ3n) is 5.46. The van der Waals surface area contributed by atoms with Gasteiger partial charge in [-0.2, -0.15) is 0 Å². The van der Waals surface area contributed by atoms with Crippen molar-refractivity contribution in [3.8, 4) is 23.7 Å². The van der Waals surface area contributed by atoms with E-state index in [1.165, 1.54) is 64.2 Å². The van der Waals surface area contributed by atoms with Gasteiger partial charge in [-0.05, 0) is 51.4 Å². The number of carbonyl (C=O) groups excluding carboxylic acids is 1. The number of rotatable bonds is 4. The summed E-state index contributed by atoms with van der Waals surface area (Å²) in [4.78, 5) is 13.2. The smallest absolute Gasteiger partial charge is 0.163 e. The maximum Gasteiger partial charge on any atom is 0.163 e. The first-order valence-electron chi connectivity index (χ1n) is 9.16. The SMILES string of the molecule is CC#CC(C(=O)C(C#CC)C1CCCCC1)C1CCCCC1. The van der Waals surface area contributed by atoms with Crippen molar-refractivity contribution in [2.24, 2.45) is 23.7 Å². The monoisotopic (exact) mass is 298 g/mol. The summed E-state index contributed by atoms with van der Waals surface area (Å²) in [6, 6.07) is 0. The molecule has 0 amide bonds. The molecule has 0 N–H and O–H groups in total. The Labute approximate surface area is 136 Å². The molecule has 0 saturated heterocycles. The summed E-state index contributed by atoms with van der Waals surface area (Å²) in [5.41, 5.74) is 0. The summed E-state index contributed by atoms with van der Waals surface area (Å²) >= 11 is 0. The van der Waals surface area contributed by atoms with Crippen LogP contribution in [-0.4, -0.2) is 5.78 Å². The van der Waals surface area contributed by atoms with Crippen molar-refractivity contribution in [1.82, 2.24) is 0 Å². The van der Waals surface area contributed by atoms with Gasteiger partial charge in [-0.25, -0.2) is 0 Å². The zero-order chi connectivity index (χ0) is 15.8. The fraction of sp³-hybridized carbons (Fsp3) is 0.762. The standard InChI is InChI=1S/C21H30O/c1-3-11-19(17-13-7-5-8-14-17)21(22)20(12-4-2)18-15-9-6-10-16-18/h17-20H,5-10,13-16H2,1-2H3. The van der Waals surface area contributed by atoms with E-state index in [0.717, 1.165) is 0 Å². The lowest BCUT2D eigenvalue weighted by Crippen LogP contribution is -2.34. The van der Waals surface area contributed by atoms with Crippen molar-refractivity contribution in [2.45, 2.75) is 78.1 Å². The molecule has 120 valence electrons. The Morgan fingerprint density at radius 3 is 1.41 bits per heavy atom. The van der Waals surface area contributed by atoms with Gasteiger partial charge in [0.25, 0.3) is 0 Å². The van der Waals surface area contributed by atoms with Gasteiger partial charge >= 0.3 is 0 Å². The first-order chi connectivity index (χ1) is 10.8. The van der Waals surface area contributed by atoms with Gasteiger partial charge in [-0.15, -0.1) is 11.8 Å². The van der Waals surface area contributed by atoms with Gasteiger partial charge in [0.15, 0.2) is 5.78 Å². The average molecular weight is 298 g/mol. The Bertz CT molecular complexity index is 426. The van der Waals surface area contributed by atoms with Crippen LogP contribution in [0.15, 0.2) is 0 Å². The molecular formula is C21H30O. The molecule has 0 radical (unpaired) electrons. The molecule has 1 heteroatoms. The van der Waals surface area contributed by atoms with Crippen molar-refractivity contribution in [2.75, 3.05) is 0 Å². The van der Waals surface area contributed by atoms with E-state index in [1.807, 2.05) is 13.8 Å². The molecule has 2 aliphatic rings. The molecule has 0 aliphatic heterocycles. The Hall–Kier alpha value is -1.21. The molecule has 0 aromatic heterocycles. The summed E-state index contributed by atoms with van der Waals surface area (Å²) < 4.78 is 0. The first-order valence-corrected chi connectivity index (χ1v) is 9.16. The highest BCUT2D eigenvalue weighted by Gasteiger charge is 2.36. The van der Waals surface area contributed by atoms with Crippen LogP contribution in [0.4, 0.5) is 0 Å². The maximum absolute atomic E-state index is 13.2. The van der Waals surface area contributed by atoms with E-state index in [0.29, 0.717) is 17.6 Å². The third kappa shape index (κ3) is 4.39. The second kappa shape index (κ2) is 9.05. The Kier molecular flexibility index (Phi) is 7.05. The first kappa shape index (κ1) is 17.1. The van der Waals surface area contributed by atoms with Gasteiger partial charge in [0.2, 0.25) is 0 Å². The number of carbonyl (C=O) groups is 1. The molecule has 0 heterocycles. The number of hydrogen-bond acceptors (Lipinski definition) is 1. The zero-order valence-electron chi connectivity index (χ0n) is 14.3. The second-order valence-corrected chi connectivity index (χ2v) is 6.94. The Balaban J connectivity index is 2.16. The van der Waals surface area contributed by atoms with E-state index in [-0.39, 0.29) is 11.8 Å². The molecule has 2 atom stereocenters. The normalized spacial score (nSPS) is 22.6. The van der Waals surface area contributed by atoms with Crippen LogP contribution in [-0.2, 0) is 4.79 Å². The number of Topliss-reactive ketones (excluding diaryl/α,β-unsaturated/α-hetero) is 1. The summed E-state index contributed by atoms with van der Waals surface area (Å²) in [7, 11) is 0. The predicted molar refractivity (Wildman–Crippen MR) is 92.0 cm³/mol. The van der Waals surface area contributed by atoms with Gasteiger partial charge in [-0.3, -0.25) is 4.79 Å². The quantitative estimate of drug-likeness (QED) is 0.668. The van der Waals surface area contributed by atoms with Crippen LogP contribution in [0.25, 0.3) is 0 Å². The van der Waals surface area contributed by atoms with E-state index in [9.17, 15) is 4.79 Å². The van der Waals surface area contributed by atoms with E-state index < -0.39 is 0 Å². The van der Waals surface area contributed by atoms with E-state index in [2.05, 4.69) is 23.7 Å². The van der Waals surface area contributed by atoms with Crippen molar-refractivity contribution < 1.29 is 4.79 Å². The summed E-state index contributed by atoms with van der Waals surface area (Å²) in [5, 5.41) is 0. The molecule has 2 fully saturated rings. The van der Waals surface area contributed by atoms with Crippen LogP contribution in [0.2, 0.25) is 0 Å². The molecule has 0 bridgehead atoms. The average Bonchev–Trinajstić information content (AvgIpc) is 2.58. The highest BCUT2D eigenvalue weighted by atomic mass is 16.1. The van der Waals surface area contributed by atoms with Crippen LogP contribution in [0, 0.1) is 47.4 Å². The van der Waals surface area contributed by atoms with Crippen LogP contribution in [0.1, 0.15) is 78.1 Å². The summed E-state index contributed by atoms with van der Waals surface area (Å²) in [6.07, 6.45) is 12.3. The maximum atomic E-state index is 13.2. The minimum atomic E-state index is -0.0712. The van der Waals surface area contributed by atoms with Crippen molar-refractivity contribution in [1.29, 1.82) is 0 Å². The molecule has 0 aromatic carbocycles. The highest BCUT2D eigenvalue weighted by Crippen LogP contribution is 2.36. The fourth-order valence-corrected chi connectivity index (χ4v) is 4.28. The molecule has 2 aliphatic carbocycles. The highest BCUT2D eigenvalue weighted by molar-refractivity contribution is 5.89. The number of hydrogen-bond donors (Lipinski definition) is 0. The van der Waals surface area contributed by atoms with Crippen LogP contribution >= 0.6 is 0 Å². The van der Waals surface area contributed by atoms with E-state index >= 15 is 0 Å². The van der Waals surface area contributed by atoms with Crippen molar-refractivity contribution in [3.05, 3.63) is 0 Å². The lowest BCUT2D eigenvalue weighted by molar-refractivity contribution is -0.126. The molecule has 2 unspecified atom stereocenters. The second-order valence-electron chi connectivity index (χ2n) is 6.94. The minimum absolute atomic E-state index is 0.0712. The molecule has 22 heavy (non-hydrogen) atoms. The fourth-order valence-electron chi connectivity index (χ4n) is 4.28. The topological polar surface area (TPSA) is 17.1 Å². The third-order valence-corrected chi connectivity index (χ3v) is 5.46. The van der Waals surface area contributed by atoms with Crippen LogP contribution in [0.5, 0.6) is 0 Å². The lowest BCUT2D eigenvalue weighted by atomic mass is 9.71. The van der Waals surface area contributed by atoms with Crippen molar-refractivity contribution >= 4 is 5.78 Å². The summed E-state index contributed by atoms with van der Waals surface area (Å²) in [6.45, 7) is 3.73. The largest absolute Gasteiger partial charge is 0.297 e. The molecule has 2 saturated carbocycles. The molecular weight excluding hydrogens is 268 g/mol. The molecule has 2 rings (SSSR count). The van der Waals surface area contributed by atoms with Crippen LogP contribution in [0.3, 0.4) is 0 Å². The molecule has 1 nitrogen and oxygen atoms in total. The summed E-state index contributed by atoms with van der Waals surface area (Å²) in [5.74, 6) is 13.7. The lowest BCUT2D eigenvalue weighted by Gasteiger charge is -2.31. The molecule has 0 aromatic rings. The zero-order valence-corrected chi connectivity index (χ0v) is 14.3. The predicted octanol–water partition coefficient (Wildman–Crippen LogP) is 5.00. The van der Waals surface area contributed by atoms with E-state index in [4.69, 9.17) is 0 Å². The van der Waals surface area contributed by atoms with Crippen LogP contribution < -0.4 is 0 Å². The van der Waals surface area contributed by atoms with Gasteiger partial charge in [0.1, 0.15) is 0 Å². The molecule has 0 spiro atoms. The minimum Gasteiger partial charge on any atom is -0.297 e. The van der Waals surface area contributed by atoms with Crippen molar-refractivity contribution in [3.63, 3.8) is 0 Å². The Morgan fingerprint density at radius 2 is 1.09 bits per heavy atom. The van der Waals surface area contributed by atoms with Gasteiger partial charge in [0, 0.05) is 0 Å². The number of ketones is 1.